The quantitative estimate of drug-likeness (QED) is 0.482. The number of hydrogen-bond acceptors (Lipinski definition) is 3. The van der Waals surface area contributed by atoms with Crippen molar-refractivity contribution in [3.63, 3.8) is 0 Å². The molecule has 3 nitrogen and oxygen atoms in total. The van der Waals surface area contributed by atoms with E-state index in [1.807, 2.05) is 0 Å². The Morgan fingerprint density at radius 2 is 1.71 bits per heavy atom. The van der Waals surface area contributed by atoms with Crippen molar-refractivity contribution in [1.29, 1.82) is 0 Å². The fourth-order valence-corrected chi connectivity index (χ4v) is 9.64. The van der Waals surface area contributed by atoms with E-state index in [1.54, 1.807) is 0 Å². The van der Waals surface area contributed by atoms with Gasteiger partial charge in [0.15, 0.2) is 5.66 Å². The van der Waals surface area contributed by atoms with E-state index in [2.05, 4.69) is 33.6 Å². The zero-order valence-corrected chi connectivity index (χ0v) is 20.3. The molecule has 0 saturated heterocycles. The first-order chi connectivity index (χ1) is 14.7. The topological polar surface area (TPSA) is 45.0 Å². The van der Waals surface area contributed by atoms with Crippen molar-refractivity contribution in [3.8, 4) is 12.3 Å². The number of hydrogen-bond donors (Lipinski definition) is 1. The van der Waals surface area contributed by atoms with E-state index < -0.39 is 0 Å². The molecule has 1 aliphatic heterocycles. The minimum absolute atomic E-state index is 0.134. The summed E-state index contributed by atoms with van der Waals surface area (Å²) in [6.45, 7) is 9.91. The molecule has 5 aliphatic rings. The third-order valence-electron chi connectivity index (χ3n) is 11.4. The van der Waals surface area contributed by atoms with Crippen LogP contribution in [0.1, 0.15) is 98.3 Å². The molecule has 4 fully saturated rings. The van der Waals surface area contributed by atoms with Gasteiger partial charge in [-0.05, 0) is 91.8 Å². The molecule has 10 atom stereocenters. The average molecular weight is 425 g/mol. The van der Waals surface area contributed by atoms with Gasteiger partial charge < -0.3 is 5.11 Å². The molecule has 0 radical (unpaired) electrons. The van der Waals surface area contributed by atoms with E-state index in [0.717, 1.165) is 42.4 Å². The van der Waals surface area contributed by atoms with Crippen molar-refractivity contribution in [1.82, 2.24) is 0 Å². The number of rotatable bonds is 5. The Bertz CT molecular complexity index is 763. The summed E-state index contributed by atoms with van der Waals surface area (Å²) in [4.78, 5) is 0. The number of nitrogens with zero attached hydrogens (tertiary/aromatic N) is 2. The Balaban J connectivity index is 1.33. The third kappa shape index (κ3) is 3.34. The lowest BCUT2D eigenvalue weighted by Gasteiger charge is -2.62. The zero-order valence-electron chi connectivity index (χ0n) is 20.3. The Labute approximate surface area is 190 Å². The van der Waals surface area contributed by atoms with Gasteiger partial charge in [-0.3, -0.25) is 0 Å². The van der Waals surface area contributed by atoms with Gasteiger partial charge in [-0.1, -0.05) is 40.5 Å². The largest absolute Gasteiger partial charge is 0.393 e. The first-order valence-corrected chi connectivity index (χ1v) is 13.3. The monoisotopic (exact) mass is 424 g/mol. The summed E-state index contributed by atoms with van der Waals surface area (Å²) in [5, 5.41) is 19.8. The first-order valence-electron chi connectivity index (χ1n) is 13.3. The van der Waals surface area contributed by atoms with Crippen LogP contribution >= 0.6 is 0 Å². The van der Waals surface area contributed by atoms with Gasteiger partial charge in [0.1, 0.15) is 0 Å². The van der Waals surface area contributed by atoms with Gasteiger partial charge in [0.25, 0.3) is 0 Å². The third-order valence-corrected chi connectivity index (χ3v) is 11.4. The molecule has 0 bridgehead atoms. The van der Waals surface area contributed by atoms with Gasteiger partial charge in [0.05, 0.1) is 6.10 Å². The first kappa shape index (κ1) is 21.9. The summed E-state index contributed by atoms with van der Waals surface area (Å²) < 4.78 is 0. The summed E-state index contributed by atoms with van der Waals surface area (Å²) in [5.41, 5.74) is 0.679. The van der Waals surface area contributed by atoms with Crippen LogP contribution in [0, 0.1) is 64.6 Å². The maximum Gasteiger partial charge on any atom is 0.194 e. The molecule has 1 N–H and O–H groups in total. The van der Waals surface area contributed by atoms with Crippen molar-refractivity contribution < 1.29 is 5.11 Å². The number of terminal acetylenes is 1. The molecule has 1 heterocycles. The molecule has 0 aromatic heterocycles. The highest BCUT2D eigenvalue weighted by atomic mass is 16.3. The van der Waals surface area contributed by atoms with Gasteiger partial charge >= 0.3 is 0 Å². The summed E-state index contributed by atoms with van der Waals surface area (Å²) >= 11 is 0. The normalized spacial score (nSPS) is 48.9. The van der Waals surface area contributed by atoms with Crippen LogP contribution in [0.5, 0.6) is 0 Å². The SMILES string of the molecule is C#C[C@H](C)CCC[C@@H](C)[C@H]1CC[C@H]2[C@@H]3CC4(N=N4)[C@H]4C[C@@H](O)CC[C@]4(C)[C@H]3CC[C@]12C. The molecule has 4 aliphatic carbocycles. The predicted molar refractivity (Wildman–Crippen MR) is 125 cm³/mol. The van der Waals surface area contributed by atoms with Crippen LogP contribution in [-0.2, 0) is 0 Å². The lowest BCUT2D eigenvalue weighted by Crippen LogP contribution is -2.59. The summed E-state index contributed by atoms with van der Waals surface area (Å²) in [6.07, 6.45) is 19.1. The maximum absolute atomic E-state index is 10.4. The van der Waals surface area contributed by atoms with Crippen LogP contribution in [0.3, 0.4) is 0 Å². The van der Waals surface area contributed by atoms with E-state index in [9.17, 15) is 5.11 Å². The van der Waals surface area contributed by atoms with Gasteiger partial charge in [-0.25, -0.2) is 0 Å². The Hall–Kier alpha value is -0.880. The van der Waals surface area contributed by atoms with Crippen LogP contribution < -0.4 is 0 Å². The predicted octanol–water partition coefficient (Wildman–Crippen LogP) is 6.85. The van der Waals surface area contributed by atoms with Crippen molar-refractivity contribution >= 4 is 0 Å². The van der Waals surface area contributed by atoms with Gasteiger partial charge in [-0.2, -0.15) is 10.2 Å². The minimum Gasteiger partial charge on any atom is -0.393 e. The molecular formula is C28H44N2O. The highest BCUT2D eigenvalue weighted by Gasteiger charge is 2.69. The molecule has 0 aromatic rings. The highest BCUT2D eigenvalue weighted by Crippen LogP contribution is 2.72. The molecule has 172 valence electrons. The molecule has 0 amide bonds. The second-order valence-corrected chi connectivity index (χ2v) is 12.9. The Morgan fingerprint density at radius 1 is 1.00 bits per heavy atom. The zero-order chi connectivity index (χ0) is 22.0. The summed E-state index contributed by atoms with van der Waals surface area (Å²) in [5.74, 6) is 7.90. The fraction of sp³-hybridized carbons (Fsp3) is 0.929. The number of aliphatic hydroxyl groups is 1. The van der Waals surface area contributed by atoms with Crippen LogP contribution in [0.25, 0.3) is 0 Å². The second-order valence-electron chi connectivity index (χ2n) is 12.9. The number of aliphatic hydroxyl groups excluding tert-OH is 1. The van der Waals surface area contributed by atoms with E-state index in [-0.39, 0.29) is 11.8 Å². The standard InChI is InChI=1S/C28H44N2O/c1-6-18(2)8-7-9-19(3)22-10-11-23-21-17-28(29-30-28)25-16-20(31)12-14-27(25,5)24(21)13-15-26(22,23)4/h1,18-25,31H,7-17H2,2-5H3/t18-,19+,20-,21-,22+,23-,24-,25-,26+,27+/m0/s1. The molecule has 1 spiro atoms. The van der Waals surface area contributed by atoms with Crippen molar-refractivity contribution in [2.75, 3.05) is 0 Å². The van der Waals surface area contributed by atoms with Crippen molar-refractivity contribution in [2.45, 2.75) is 110 Å². The van der Waals surface area contributed by atoms with Gasteiger partial charge in [0, 0.05) is 18.3 Å². The van der Waals surface area contributed by atoms with E-state index >= 15 is 0 Å². The average Bonchev–Trinajstić information content (AvgIpc) is 3.41. The van der Waals surface area contributed by atoms with Crippen molar-refractivity contribution in [3.05, 3.63) is 0 Å². The minimum atomic E-state index is -0.139. The number of fused-ring (bicyclic) bond motifs is 6. The molecule has 0 aromatic carbocycles. The molecule has 0 unspecified atom stereocenters. The second kappa shape index (κ2) is 7.58. The van der Waals surface area contributed by atoms with E-state index in [1.165, 1.54) is 57.8 Å². The van der Waals surface area contributed by atoms with Gasteiger partial charge in [0.2, 0.25) is 0 Å². The molecule has 4 saturated carbocycles. The van der Waals surface area contributed by atoms with Crippen LogP contribution in [-0.4, -0.2) is 16.9 Å². The van der Waals surface area contributed by atoms with E-state index in [0.29, 0.717) is 22.7 Å². The van der Waals surface area contributed by atoms with E-state index in [4.69, 9.17) is 16.7 Å². The fourth-order valence-electron chi connectivity index (χ4n) is 9.64. The molecule has 3 heteroatoms. The van der Waals surface area contributed by atoms with Crippen LogP contribution in [0.15, 0.2) is 10.2 Å². The highest BCUT2D eigenvalue weighted by molar-refractivity contribution is 5.18. The maximum atomic E-state index is 10.4. The van der Waals surface area contributed by atoms with Crippen LogP contribution in [0.2, 0.25) is 0 Å². The lowest BCUT2D eigenvalue weighted by atomic mass is 9.42. The molecule has 31 heavy (non-hydrogen) atoms. The summed E-state index contributed by atoms with van der Waals surface area (Å²) in [7, 11) is 0. The molecule has 5 rings (SSSR count). The van der Waals surface area contributed by atoms with Gasteiger partial charge in [-0.15, -0.1) is 12.3 Å². The lowest BCUT2D eigenvalue weighted by molar-refractivity contribution is -0.145. The smallest absolute Gasteiger partial charge is 0.194 e. The Kier molecular flexibility index (Phi) is 5.36. The van der Waals surface area contributed by atoms with Crippen LogP contribution in [0.4, 0.5) is 0 Å². The van der Waals surface area contributed by atoms with Crippen molar-refractivity contribution in [2.24, 2.45) is 62.5 Å². The Morgan fingerprint density at radius 3 is 2.42 bits per heavy atom. The summed E-state index contributed by atoms with van der Waals surface area (Å²) in [6, 6.07) is 0. The molecular weight excluding hydrogens is 380 g/mol.